The van der Waals surface area contributed by atoms with Gasteiger partial charge in [0.25, 0.3) is 0 Å². The Bertz CT molecular complexity index is 520. The van der Waals surface area contributed by atoms with Crippen LogP contribution in [0.2, 0.25) is 0 Å². The molecular formula is C14H20FN3O3. The molecule has 0 spiro atoms. The molecule has 0 aliphatic rings. The molecule has 1 rings (SSSR count). The number of urea groups is 1. The second-order valence-corrected chi connectivity index (χ2v) is 5.09. The van der Waals surface area contributed by atoms with E-state index in [4.69, 9.17) is 5.11 Å². The summed E-state index contributed by atoms with van der Waals surface area (Å²) in [4.78, 5) is 24.4. The van der Waals surface area contributed by atoms with Crippen molar-refractivity contribution in [3.05, 3.63) is 29.6 Å². The number of carboxylic acids is 1. The summed E-state index contributed by atoms with van der Waals surface area (Å²) in [5.41, 5.74) is -0.227. The van der Waals surface area contributed by atoms with Gasteiger partial charge in [0.2, 0.25) is 0 Å². The Morgan fingerprint density at radius 2 is 2.05 bits per heavy atom. The Morgan fingerprint density at radius 3 is 2.57 bits per heavy atom. The largest absolute Gasteiger partial charge is 0.478 e. The quantitative estimate of drug-likeness (QED) is 0.750. The average Bonchev–Trinajstić information content (AvgIpc) is 2.38. The Balaban J connectivity index is 2.57. The molecule has 1 aromatic rings. The molecule has 0 bridgehead atoms. The van der Waals surface area contributed by atoms with E-state index in [2.05, 4.69) is 10.6 Å². The highest BCUT2D eigenvalue weighted by atomic mass is 19.1. The first kappa shape index (κ1) is 16.9. The van der Waals surface area contributed by atoms with Gasteiger partial charge in [0.1, 0.15) is 5.82 Å². The molecule has 0 fully saturated rings. The number of rotatable bonds is 6. The summed E-state index contributed by atoms with van der Waals surface area (Å²) in [5.74, 6) is -2.01. The number of aromatic carboxylic acids is 1. The van der Waals surface area contributed by atoms with Gasteiger partial charge in [0, 0.05) is 6.04 Å². The minimum Gasteiger partial charge on any atom is -0.478 e. The summed E-state index contributed by atoms with van der Waals surface area (Å²) in [5, 5.41) is 13.8. The van der Waals surface area contributed by atoms with E-state index in [1.165, 1.54) is 12.1 Å². The summed E-state index contributed by atoms with van der Waals surface area (Å²) in [6, 6.07) is 2.74. The number of carboxylic acid groups (broad SMARTS) is 1. The summed E-state index contributed by atoms with van der Waals surface area (Å²) in [6.45, 7) is 2.68. The number of anilines is 1. The molecule has 21 heavy (non-hydrogen) atoms. The number of benzene rings is 1. The average molecular weight is 297 g/mol. The normalized spacial score (nSPS) is 12.0. The fraction of sp³-hybridized carbons (Fsp3) is 0.429. The van der Waals surface area contributed by atoms with Gasteiger partial charge < -0.3 is 20.6 Å². The maximum absolute atomic E-state index is 13.6. The van der Waals surface area contributed by atoms with Gasteiger partial charge in [-0.1, -0.05) is 0 Å². The predicted molar refractivity (Wildman–Crippen MR) is 78.1 cm³/mol. The molecule has 0 heterocycles. The van der Waals surface area contributed by atoms with Crippen LogP contribution in [0.25, 0.3) is 0 Å². The van der Waals surface area contributed by atoms with E-state index in [0.717, 1.165) is 19.0 Å². The number of nitrogens with zero attached hydrogens (tertiary/aromatic N) is 1. The number of nitrogens with one attached hydrogen (secondary N) is 2. The van der Waals surface area contributed by atoms with Crippen LogP contribution in [0.5, 0.6) is 0 Å². The SMILES string of the molecule is CC(CCN(C)C)NC(=O)Nc1ccc(C(=O)O)cc1F. The lowest BCUT2D eigenvalue weighted by atomic mass is 10.2. The van der Waals surface area contributed by atoms with Crippen molar-refractivity contribution in [1.82, 2.24) is 10.2 Å². The van der Waals surface area contributed by atoms with Crippen LogP contribution in [0, 0.1) is 5.82 Å². The minimum atomic E-state index is -1.22. The number of amides is 2. The summed E-state index contributed by atoms with van der Waals surface area (Å²) >= 11 is 0. The molecule has 0 aliphatic carbocycles. The number of carbonyl (C=O) groups excluding carboxylic acids is 1. The number of halogens is 1. The molecule has 1 atom stereocenters. The lowest BCUT2D eigenvalue weighted by Gasteiger charge is -2.17. The molecule has 1 unspecified atom stereocenters. The van der Waals surface area contributed by atoms with E-state index in [1.54, 1.807) is 0 Å². The van der Waals surface area contributed by atoms with Crippen molar-refractivity contribution in [1.29, 1.82) is 0 Å². The molecule has 6 nitrogen and oxygen atoms in total. The first-order valence-electron chi connectivity index (χ1n) is 6.54. The molecule has 0 saturated carbocycles. The van der Waals surface area contributed by atoms with Gasteiger partial charge in [-0.05, 0) is 52.2 Å². The van der Waals surface area contributed by atoms with Crippen molar-refractivity contribution in [2.75, 3.05) is 26.0 Å². The number of hydrogen-bond acceptors (Lipinski definition) is 3. The molecule has 3 N–H and O–H groups in total. The molecule has 116 valence electrons. The van der Waals surface area contributed by atoms with Crippen molar-refractivity contribution < 1.29 is 19.1 Å². The van der Waals surface area contributed by atoms with Gasteiger partial charge in [0.05, 0.1) is 11.3 Å². The van der Waals surface area contributed by atoms with Crippen molar-refractivity contribution in [2.24, 2.45) is 0 Å². The molecule has 0 radical (unpaired) electrons. The maximum Gasteiger partial charge on any atom is 0.335 e. The third-order valence-electron chi connectivity index (χ3n) is 2.85. The third-order valence-corrected chi connectivity index (χ3v) is 2.85. The van der Waals surface area contributed by atoms with Gasteiger partial charge in [-0.15, -0.1) is 0 Å². The Hall–Kier alpha value is -2.15. The smallest absolute Gasteiger partial charge is 0.335 e. The highest BCUT2D eigenvalue weighted by Crippen LogP contribution is 2.15. The first-order chi connectivity index (χ1) is 9.79. The zero-order valence-corrected chi connectivity index (χ0v) is 12.3. The Kier molecular flexibility index (Phi) is 6.10. The van der Waals surface area contributed by atoms with Gasteiger partial charge in [0.15, 0.2) is 0 Å². The summed E-state index contributed by atoms with van der Waals surface area (Å²) < 4.78 is 13.6. The molecule has 7 heteroatoms. The first-order valence-corrected chi connectivity index (χ1v) is 6.54. The van der Waals surface area contributed by atoms with E-state index in [1.807, 2.05) is 25.9 Å². The van der Waals surface area contributed by atoms with Gasteiger partial charge in [-0.3, -0.25) is 0 Å². The molecule has 0 saturated heterocycles. The second-order valence-electron chi connectivity index (χ2n) is 5.09. The zero-order valence-electron chi connectivity index (χ0n) is 12.3. The van der Waals surface area contributed by atoms with Crippen molar-refractivity contribution >= 4 is 17.7 Å². The van der Waals surface area contributed by atoms with Gasteiger partial charge >= 0.3 is 12.0 Å². The van der Waals surface area contributed by atoms with Crippen molar-refractivity contribution in [3.63, 3.8) is 0 Å². The van der Waals surface area contributed by atoms with E-state index in [0.29, 0.717) is 0 Å². The van der Waals surface area contributed by atoms with Gasteiger partial charge in [-0.25, -0.2) is 14.0 Å². The molecule has 1 aromatic carbocycles. The fourth-order valence-corrected chi connectivity index (χ4v) is 1.66. The Labute approximate surface area is 122 Å². The summed E-state index contributed by atoms with van der Waals surface area (Å²) in [7, 11) is 3.87. The standard InChI is InChI=1S/C14H20FN3O3/c1-9(6-7-18(2)3)16-14(21)17-12-5-4-10(13(19)20)8-11(12)15/h4-5,8-9H,6-7H2,1-3H3,(H,19,20)(H2,16,17,21). The van der Waals surface area contributed by atoms with E-state index in [-0.39, 0.29) is 17.3 Å². The summed E-state index contributed by atoms with van der Waals surface area (Å²) in [6.07, 6.45) is 0.765. The van der Waals surface area contributed by atoms with Crippen LogP contribution >= 0.6 is 0 Å². The minimum absolute atomic E-state index is 0.0580. The van der Waals surface area contributed by atoms with Crippen LogP contribution in [0.15, 0.2) is 18.2 Å². The van der Waals surface area contributed by atoms with E-state index < -0.39 is 17.8 Å². The lowest BCUT2D eigenvalue weighted by molar-refractivity contribution is 0.0696. The van der Waals surface area contributed by atoms with Crippen LogP contribution in [-0.4, -0.2) is 48.7 Å². The number of carbonyl (C=O) groups is 2. The third kappa shape index (κ3) is 5.78. The predicted octanol–water partition coefficient (Wildman–Crippen LogP) is 1.99. The number of hydrogen-bond donors (Lipinski definition) is 3. The second kappa shape index (κ2) is 7.58. The fourth-order valence-electron chi connectivity index (χ4n) is 1.66. The van der Waals surface area contributed by atoms with Crippen molar-refractivity contribution in [2.45, 2.75) is 19.4 Å². The van der Waals surface area contributed by atoms with Gasteiger partial charge in [-0.2, -0.15) is 0 Å². The molecule has 2 amide bonds. The highest BCUT2D eigenvalue weighted by molar-refractivity contribution is 5.91. The molecule has 0 aliphatic heterocycles. The zero-order chi connectivity index (χ0) is 16.0. The van der Waals surface area contributed by atoms with Crippen LogP contribution < -0.4 is 10.6 Å². The monoisotopic (exact) mass is 297 g/mol. The lowest BCUT2D eigenvalue weighted by Crippen LogP contribution is -2.37. The topological polar surface area (TPSA) is 81.7 Å². The van der Waals surface area contributed by atoms with Crippen LogP contribution in [0.4, 0.5) is 14.9 Å². The van der Waals surface area contributed by atoms with E-state index >= 15 is 0 Å². The maximum atomic E-state index is 13.6. The van der Waals surface area contributed by atoms with Crippen LogP contribution in [0.3, 0.4) is 0 Å². The highest BCUT2D eigenvalue weighted by Gasteiger charge is 2.12. The van der Waals surface area contributed by atoms with E-state index in [9.17, 15) is 14.0 Å². The van der Waals surface area contributed by atoms with Crippen LogP contribution in [-0.2, 0) is 0 Å². The van der Waals surface area contributed by atoms with Crippen molar-refractivity contribution in [3.8, 4) is 0 Å². The van der Waals surface area contributed by atoms with Crippen LogP contribution in [0.1, 0.15) is 23.7 Å². The molecular weight excluding hydrogens is 277 g/mol. The Morgan fingerprint density at radius 1 is 1.38 bits per heavy atom. The molecule has 0 aromatic heterocycles.